The minimum Gasteiger partial charge on any atom is -0.503 e. The number of nitrogens with zero attached hydrogens (tertiary/aromatic N) is 1. The standard InChI is InChI=1S/C27H18ClNO6/c28-17-6-8-19-16(12-17)13-22(35-19)25(30)23-24(15-4-2-1-3-5-15)29(27(32)26(23)31)18-7-9-20-21(14-18)34-11-10-33-20/h1-9,12-14,24,31H,10-11H2. The van der Waals surface area contributed by atoms with Gasteiger partial charge in [-0.15, -0.1) is 0 Å². The van der Waals surface area contributed by atoms with E-state index in [1.807, 2.05) is 18.2 Å². The number of ether oxygens (including phenoxy) is 2. The Morgan fingerprint density at radius 1 is 0.943 bits per heavy atom. The van der Waals surface area contributed by atoms with Gasteiger partial charge in [-0.25, -0.2) is 0 Å². The van der Waals surface area contributed by atoms with Crippen LogP contribution >= 0.6 is 11.6 Å². The molecule has 1 amide bonds. The number of amides is 1. The summed E-state index contributed by atoms with van der Waals surface area (Å²) in [7, 11) is 0. The number of carbonyl (C=O) groups excluding carboxylic acids is 2. The lowest BCUT2D eigenvalue weighted by molar-refractivity contribution is -0.117. The number of furan rings is 1. The maximum atomic E-state index is 13.7. The fourth-order valence-corrected chi connectivity index (χ4v) is 4.68. The second kappa shape index (κ2) is 8.21. The SMILES string of the molecule is O=C(C1=C(O)C(=O)N(c2ccc3c(c2)OCCO3)C1c1ccccc1)c1cc2cc(Cl)ccc2o1. The molecule has 0 fully saturated rings. The van der Waals surface area contributed by atoms with Crippen molar-refractivity contribution < 1.29 is 28.6 Å². The van der Waals surface area contributed by atoms with Crippen molar-refractivity contribution in [2.75, 3.05) is 18.1 Å². The largest absolute Gasteiger partial charge is 0.503 e. The third-order valence-corrected chi connectivity index (χ3v) is 6.31. The fourth-order valence-electron chi connectivity index (χ4n) is 4.49. The summed E-state index contributed by atoms with van der Waals surface area (Å²) < 4.78 is 17.0. The number of hydrogen-bond acceptors (Lipinski definition) is 6. The normalized spacial score (nSPS) is 17.3. The fraction of sp³-hybridized carbons (Fsp3) is 0.111. The van der Waals surface area contributed by atoms with E-state index < -0.39 is 23.5 Å². The number of carbonyl (C=O) groups is 2. The molecule has 1 unspecified atom stereocenters. The lowest BCUT2D eigenvalue weighted by Gasteiger charge is -2.28. The van der Waals surface area contributed by atoms with E-state index in [0.29, 0.717) is 52.0 Å². The van der Waals surface area contributed by atoms with Crippen LogP contribution in [0.3, 0.4) is 0 Å². The molecular weight excluding hydrogens is 470 g/mol. The van der Waals surface area contributed by atoms with E-state index in [1.165, 1.54) is 4.90 Å². The van der Waals surface area contributed by atoms with Crippen LogP contribution in [0.25, 0.3) is 11.0 Å². The number of rotatable bonds is 4. The van der Waals surface area contributed by atoms with Crippen molar-refractivity contribution in [3.05, 3.63) is 100 Å². The maximum Gasteiger partial charge on any atom is 0.294 e. The molecule has 0 aliphatic carbocycles. The molecule has 0 saturated carbocycles. The molecule has 7 nitrogen and oxygen atoms in total. The Kier molecular flexibility index (Phi) is 5.00. The van der Waals surface area contributed by atoms with Crippen molar-refractivity contribution in [1.82, 2.24) is 0 Å². The Balaban J connectivity index is 1.47. The van der Waals surface area contributed by atoms with Gasteiger partial charge in [-0.05, 0) is 42.0 Å². The summed E-state index contributed by atoms with van der Waals surface area (Å²) >= 11 is 6.07. The van der Waals surface area contributed by atoms with Gasteiger partial charge in [0.1, 0.15) is 18.8 Å². The molecule has 2 aliphatic rings. The van der Waals surface area contributed by atoms with Crippen molar-refractivity contribution in [2.45, 2.75) is 6.04 Å². The van der Waals surface area contributed by atoms with Crippen LogP contribution in [0.2, 0.25) is 5.02 Å². The summed E-state index contributed by atoms with van der Waals surface area (Å²) in [6.07, 6.45) is 0. The molecule has 3 heterocycles. The van der Waals surface area contributed by atoms with E-state index in [-0.39, 0.29) is 11.3 Å². The van der Waals surface area contributed by atoms with Crippen LogP contribution in [0.5, 0.6) is 11.5 Å². The quantitative estimate of drug-likeness (QED) is 0.375. The lowest BCUT2D eigenvalue weighted by atomic mass is 9.94. The number of aliphatic hydroxyl groups is 1. The summed E-state index contributed by atoms with van der Waals surface area (Å²) in [5.74, 6) is -0.854. The van der Waals surface area contributed by atoms with Gasteiger partial charge >= 0.3 is 0 Å². The smallest absolute Gasteiger partial charge is 0.294 e. The number of ketones is 1. The highest BCUT2D eigenvalue weighted by Gasteiger charge is 2.45. The zero-order valence-corrected chi connectivity index (χ0v) is 19.0. The van der Waals surface area contributed by atoms with Gasteiger partial charge in [-0.1, -0.05) is 41.9 Å². The number of aliphatic hydroxyl groups excluding tert-OH is 1. The highest BCUT2D eigenvalue weighted by molar-refractivity contribution is 6.31. The summed E-state index contributed by atoms with van der Waals surface area (Å²) in [4.78, 5) is 28.4. The molecule has 0 saturated heterocycles. The number of Topliss-reactive ketones (excluding diaryl/α,β-unsaturated/α-hetero) is 1. The minimum atomic E-state index is -0.879. The van der Waals surface area contributed by atoms with Crippen molar-refractivity contribution in [3.63, 3.8) is 0 Å². The Bertz CT molecular complexity index is 1520. The molecule has 6 rings (SSSR count). The van der Waals surface area contributed by atoms with Gasteiger partial charge in [0, 0.05) is 22.2 Å². The number of hydrogen-bond donors (Lipinski definition) is 1. The molecule has 35 heavy (non-hydrogen) atoms. The molecule has 1 N–H and O–H groups in total. The maximum absolute atomic E-state index is 13.7. The van der Waals surface area contributed by atoms with Gasteiger partial charge < -0.3 is 19.0 Å². The molecule has 2 aliphatic heterocycles. The summed E-state index contributed by atoms with van der Waals surface area (Å²) in [5, 5.41) is 12.1. The van der Waals surface area contributed by atoms with Crippen LogP contribution in [-0.2, 0) is 4.79 Å². The number of anilines is 1. The summed E-state index contributed by atoms with van der Waals surface area (Å²) in [6.45, 7) is 0.821. The van der Waals surface area contributed by atoms with E-state index in [1.54, 1.807) is 54.6 Å². The van der Waals surface area contributed by atoms with Crippen molar-refractivity contribution in [3.8, 4) is 11.5 Å². The second-order valence-electron chi connectivity index (χ2n) is 8.20. The highest BCUT2D eigenvalue weighted by Crippen LogP contribution is 2.44. The van der Waals surface area contributed by atoms with Gasteiger partial charge in [0.05, 0.1) is 11.6 Å². The number of halogens is 1. The van der Waals surface area contributed by atoms with E-state index in [4.69, 9.17) is 25.5 Å². The number of benzene rings is 3. The second-order valence-corrected chi connectivity index (χ2v) is 8.64. The van der Waals surface area contributed by atoms with E-state index >= 15 is 0 Å². The zero-order chi connectivity index (χ0) is 24.1. The molecule has 4 aromatic rings. The molecule has 0 radical (unpaired) electrons. The molecule has 174 valence electrons. The van der Waals surface area contributed by atoms with Gasteiger partial charge in [-0.2, -0.15) is 0 Å². The predicted molar refractivity (Wildman–Crippen MR) is 129 cm³/mol. The molecule has 1 atom stereocenters. The topological polar surface area (TPSA) is 89.2 Å². The molecule has 0 spiro atoms. The van der Waals surface area contributed by atoms with Crippen LogP contribution in [0.15, 0.2) is 88.5 Å². The summed E-state index contributed by atoms with van der Waals surface area (Å²) in [5.41, 5.74) is 1.52. The lowest BCUT2D eigenvalue weighted by Crippen LogP contribution is -2.31. The first-order valence-corrected chi connectivity index (χ1v) is 11.3. The van der Waals surface area contributed by atoms with Crippen LogP contribution < -0.4 is 14.4 Å². The third-order valence-electron chi connectivity index (χ3n) is 6.07. The summed E-state index contributed by atoms with van der Waals surface area (Å²) in [6, 6.07) is 19.8. The van der Waals surface area contributed by atoms with Crippen LogP contribution in [0, 0.1) is 0 Å². The van der Waals surface area contributed by atoms with Gasteiger partial charge in [-0.3, -0.25) is 14.5 Å². The third kappa shape index (κ3) is 3.52. The number of fused-ring (bicyclic) bond motifs is 2. The average Bonchev–Trinajstić information content (AvgIpc) is 3.42. The van der Waals surface area contributed by atoms with Gasteiger partial charge in [0.2, 0.25) is 5.78 Å². The van der Waals surface area contributed by atoms with E-state index in [2.05, 4.69) is 0 Å². The Labute approximate surface area is 204 Å². The zero-order valence-electron chi connectivity index (χ0n) is 18.2. The Morgan fingerprint density at radius 3 is 2.51 bits per heavy atom. The minimum absolute atomic E-state index is 0.00146. The molecule has 1 aromatic heterocycles. The van der Waals surface area contributed by atoms with Crippen molar-refractivity contribution >= 4 is 39.9 Å². The Morgan fingerprint density at radius 2 is 1.71 bits per heavy atom. The average molecular weight is 488 g/mol. The van der Waals surface area contributed by atoms with Crippen LogP contribution in [-0.4, -0.2) is 30.0 Å². The van der Waals surface area contributed by atoms with Gasteiger partial charge in [0.25, 0.3) is 5.91 Å². The predicted octanol–water partition coefficient (Wildman–Crippen LogP) is 5.64. The Hall–Kier alpha value is -4.23. The molecule has 8 heteroatoms. The first-order chi connectivity index (χ1) is 17.0. The van der Waals surface area contributed by atoms with Crippen LogP contribution in [0.1, 0.15) is 22.2 Å². The van der Waals surface area contributed by atoms with Crippen molar-refractivity contribution in [2.24, 2.45) is 0 Å². The monoisotopic (exact) mass is 487 g/mol. The molecule has 0 bridgehead atoms. The highest BCUT2D eigenvalue weighted by atomic mass is 35.5. The van der Waals surface area contributed by atoms with Crippen LogP contribution in [0.4, 0.5) is 5.69 Å². The van der Waals surface area contributed by atoms with E-state index in [0.717, 1.165) is 0 Å². The first kappa shape index (κ1) is 21.3. The first-order valence-electron chi connectivity index (χ1n) is 11.0. The molecular formula is C27H18ClNO6. The van der Waals surface area contributed by atoms with Gasteiger partial charge in [0.15, 0.2) is 23.0 Å². The van der Waals surface area contributed by atoms with E-state index in [9.17, 15) is 14.7 Å². The molecule has 3 aromatic carbocycles. The van der Waals surface area contributed by atoms with Crippen molar-refractivity contribution in [1.29, 1.82) is 0 Å².